The SMILES string of the molecule is CC(C(=O)O)N(C)CC(=O)Nc1ccccc1I.Cl. The number of halogens is 2. The van der Waals surface area contributed by atoms with E-state index in [1.165, 1.54) is 4.90 Å². The summed E-state index contributed by atoms with van der Waals surface area (Å²) in [4.78, 5) is 24.0. The van der Waals surface area contributed by atoms with Crippen LogP contribution >= 0.6 is 35.0 Å². The van der Waals surface area contributed by atoms with E-state index in [0.717, 1.165) is 9.26 Å². The zero-order valence-electron chi connectivity index (χ0n) is 10.6. The number of anilines is 1. The molecule has 0 aromatic heterocycles. The van der Waals surface area contributed by atoms with Crippen LogP contribution in [0.15, 0.2) is 24.3 Å². The highest BCUT2D eigenvalue weighted by atomic mass is 127. The summed E-state index contributed by atoms with van der Waals surface area (Å²) < 4.78 is 0.942. The predicted octanol–water partition coefficient (Wildman–Crippen LogP) is 2.06. The number of hydrogen-bond donors (Lipinski definition) is 2. The molecular weight excluding hydrogens is 382 g/mol. The molecule has 1 amide bonds. The molecule has 0 aliphatic heterocycles. The van der Waals surface area contributed by atoms with Crippen LogP contribution in [0.1, 0.15) is 6.92 Å². The molecule has 1 aromatic rings. The molecule has 0 saturated carbocycles. The predicted molar refractivity (Wildman–Crippen MR) is 84.8 cm³/mol. The van der Waals surface area contributed by atoms with Gasteiger partial charge in [0.25, 0.3) is 0 Å². The molecule has 0 fully saturated rings. The summed E-state index contributed by atoms with van der Waals surface area (Å²) in [6.07, 6.45) is 0. The summed E-state index contributed by atoms with van der Waals surface area (Å²) >= 11 is 2.13. The monoisotopic (exact) mass is 398 g/mol. The minimum atomic E-state index is -0.945. The standard InChI is InChI=1S/C12H15IN2O3.ClH/c1-8(12(17)18)15(2)7-11(16)14-10-6-4-3-5-9(10)13;/h3-6,8H,7H2,1-2H3,(H,14,16)(H,17,18);1H. The summed E-state index contributed by atoms with van der Waals surface area (Å²) in [5.74, 6) is -1.17. The van der Waals surface area contributed by atoms with Gasteiger partial charge in [0.15, 0.2) is 0 Å². The average Bonchev–Trinajstić information content (AvgIpc) is 2.30. The van der Waals surface area contributed by atoms with Crippen molar-refractivity contribution < 1.29 is 14.7 Å². The van der Waals surface area contributed by atoms with Crippen molar-refractivity contribution >= 4 is 52.6 Å². The molecule has 1 unspecified atom stereocenters. The zero-order chi connectivity index (χ0) is 13.7. The van der Waals surface area contributed by atoms with Gasteiger partial charge in [-0.2, -0.15) is 0 Å². The number of hydrogen-bond acceptors (Lipinski definition) is 3. The molecule has 0 radical (unpaired) electrons. The van der Waals surface area contributed by atoms with E-state index in [4.69, 9.17) is 5.11 Å². The molecule has 1 aromatic carbocycles. The third-order valence-corrected chi connectivity index (χ3v) is 3.50. The maximum atomic E-state index is 11.8. The Morgan fingerprint density at radius 2 is 2.00 bits per heavy atom. The first kappa shape index (κ1) is 18.1. The molecular formula is C12H16ClIN2O3. The molecule has 0 bridgehead atoms. The average molecular weight is 399 g/mol. The molecule has 7 heteroatoms. The number of rotatable bonds is 5. The summed E-state index contributed by atoms with van der Waals surface area (Å²) in [5, 5.41) is 11.6. The molecule has 0 spiro atoms. The van der Waals surface area contributed by atoms with E-state index in [0.29, 0.717) is 0 Å². The topological polar surface area (TPSA) is 69.6 Å². The summed E-state index contributed by atoms with van der Waals surface area (Å²) in [6.45, 7) is 1.58. The number of likely N-dealkylation sites (N-methyl/N-ethyl adjacent to an activating group) is 1. The molecule has 0 aliphatic rings. The Morgan fingerprint density at radius 3 is 2.53 bits per heavy atom. The quantitative estimate of drug-likeness (QED) is 0.745. The van der Waals surface area contributed by atoms with Crippen molar-refractivity contribution in [2.45, 2.75) is 13.0 Å². The second-order valence-electron chi connectivity index (χ2n) is 3.96. The van der Waals surface area contributed by atoms with Crippen LogP contribution in [0.25, 0.3) is 0 Å². The van der Waals surface area contributed by atoms with Gasteiger partial charge in [-0.15, -0.1) is 12.4 Å². The van der Waals surface area contributed by atoms with Crippen molar-refractivity contribution in [3.63, 3.8) is 0 Å². The lowest BCUT2D eigenvalue weighted by Gasteiger charge is -2.20. The second kappa shape index (κ2) is 8.34. The highest BCUT2D eigenvalue weighted by Crippen LogP contribution is 2.16. The fourth-order valence-electron chi connectivity index (χ4n) is 1.30. The number of aliphatic carboxylic acids is 1. The van der Waals surface area contributed by atoms with Crippen LogP contribution < -0.4 is 5.32 Å². The van der Waals surface area contributed by atoms with Crippen molar-refractivity contribution in [3.05, 3.63) is 27.8 Å². The molecule has 0 saturated heterocycles. The van der Waals surface area contributed by atoms with Gasteiger partial charge in [-0.25, -0.2) is 0 Å². The van der Waals surface area contributed by atoms with Crippen LogP contribution in [-0.4, -0.2) is 41.5 Å². The number of nitrogens with one attached hydrogen (secondary N) is 1. The number of carbonyl (C=O) groups excluding carboxylic acids is 1. The van der Waals surface area contributed by atoms with Gasteiger partial charge in [-0.3, -0.25) is 14.5 Å². The number of benzene rings is 1. The summed E-state index contributed by atoms with van der Waals surface area (Å²) in [6, 6.07) is 6.72. The lowest BCUT2D eigenvalue weighted by atomic mass is 10.3. The van der Waals surface area contributed by atoms with E-state index in [1.807, 2.05) is 18.2 Å². The summed E-state index contributed by atoms with van der Waals surface area (Å²) in [5.41, 5.74) is 0.736. The molecule has 19 heavy (non-hydrogen) atoms. The fraction of sp³-hybridized carbons (Fsp3) is 0.333. The van der Waals surface area contributed by atoms with Gasteiger partial charge in [0.2, 0.25) is 5.91 Å². The Morgan fingerprint density at radius 1 is 1.42 bits per heavy atom. The molecule has 0 aliphatic carbocycles. The first-order valence-electron chi connectivity index (χ1n) is 5.39. The van der Waals surface area contributed by atoms with Crippen LogP contribution in [0.5, 0.6) is 0 Å². The van der Waals surface area contributed by atoms with Gasteiger partial charge < -0.3 is 10.4 Å². The van der Waals surface area contributed by atoms with E-state index in [2.05, 4.69) is 27.9 Å². The highest BCUT2D eigenvalue weighted by molar-refractivity contribution is 14.1. The first-order valence-corrected chi connectivity index (χ1v) is 6.47. The van der Waals surface area contributed by atoms with Crippen LogP contribution in [0, 0.1) is 3.57 Å². The van der Waals surface area contributed by atoms with Crippen molar-refractivity contribution in [2.24, 2.45) is 0 Å². The van der Waals surface area contributed by atoms with E-state index in [-0.39, 0.29) is 24.9 Å². The minimum absolute atomic E-state index is 0. The molecule has 0 heterocycles. The number of amides is 1. The van der Waals surface area contributed by atoms with Crippen molar-refractivity contribution in [2.75, 3.05) is 18.9 Å². The van der Waals surface area contributed by atoms with Gasteiger partial charge in [-0.1, -0.05) is 12.1 Å². The molecule has 5 nitrogen and oxygen atoms in total. The highest BCUT2D eigenvalue weighted by Gasteiger charge is 2.19. The largest absolute Gasteiger partial charge is 0.480 e. The number of carboxylic acids is 1. The number of carboxylic acid groups (broad SMARTS) is 1. The molecule has 106 valence electrons. The Labute approximate surface area is 131 Å². The second-order valence-corrected chi connectivity index (χ2v) is 5.12. The van der Waals surface area contributed by atoms with Crippen LogP contribution in [0.2, 0.25) is 0 Å². The maximum Gasteiger partial charge on any atom is 0.320 e. The number of para-hydroxylation sites is 1. The maximum absolute atomic E-state index is 11.8. The van der Waals surface area contributed by atoms with Crippen molar-refractivity contribution in [3.8, 4) is 0 Å². The van der Waals surface area contributed by atoms with E-state index in [1.54, 1.807) is 20.0 Å². The molecule has 1 rings (SSSR count). The lowest BCUT2D eigenvalue weighted by Crippen LogP contribution is -2.40. The Hall–Kier alpha value is -0.860. The number of nitrogens with zero attached hydrogens (tertiary/aromatic N) is 1. The normalized spacial score (nSPS) is 11.6. The van der Waals surface area contributed by atoms with Gasteiger partial charge in [-0.05, 0) is 48.7 Å². The summed E-state index contributed by atoms with van der Waals surface area (Å²) in [7, 11) is 1.61. The van der Waals surface area contributed by atoms with Gasteiger partial charge >= 0.3 is 5.97 Å². The third kappa shape index (κ3) is 5.75. The van der Waals surface area contributed by atoms with Crippen LogP contribution in [-0.2, 0) is 9.59 Å². The third-order valence-electron chi connectivity index (χ3n) is 2.56. The smallest absolute Gasteiger partial charge is 0.320 e. The number of carbonyl (C=O) groups is 2. The molecule has 2 N–H and O–H groups in total. The minimum Gasteiger partial charge on any atom is -0.480 e. The van der Waals surface area contributed by atoms with E-state index in [9.17, 15) is 9.59 Å². The van der Waals surface area contributed by atoms with Gasteiger partial charge in [0.05, 0.1) is 12.2 Å². The van der Waals surface area contributed by atoms with E-state index < -0.39 is 12.0 Å². The fourth-order valence-corrected chi connectivity index (χ4v) is 1.83. The first-order chi connectivity index (χ1) is 8.41. The zero-order valence-corrected chi connectivity index (χ0v) is 13.6. The van der Waals surface area contributed by atoms with E-state index >= 15 is 0 Å². The van der Waals surface area contributed by atoms with Crippen molar-refractivity contribution in [1.29, 1.82) is 0 Å². The van der Waals surface area contributed by atoms with Crippen molar-refractivity contribution in [1.82, 2.24) is 4.90 Å². The van der Waals surface area contributed by atoms with Crippen LogP contribution in [0.4, 0.5) is 5.69 Å². The molecule has 1 atom stereocenters. The Kier molecular flexibility index (Phi) is 7.96. The lowest BCUT2D eigenvalue weighted by molar-refractivity contribution is -0.142. The van der Waals surface area contributed by atoms with Gasteiger partial charge in [0, 0.05) is 3.57 Å². The Balaban J connectivity index is 0.00000324. The Bertz CT molecular complexity index is 456. The van der Waals surface area contributed by atoms with Gasteiger partial charge in [0.1, 0.15) is 6.04 Å². The van der Waals surface area contributed by atoms with Crippen LogP contribution in [0.3, 0.4) is 0 Å².